The summed E-state index contributed by atoms with van der Waals surface area (Å²) in [5, 5.41) is 4.66. The van der Waals surface area contributed by atoms with E-state index in [1.54, 1.807) is 51.1 Å². The third-order valence-electron chi connectivity index (χ3n) is 3.54. The van der Waals surface area contributed by atoms with Gasteiger partial charge in [0, 0.05) is 11.6 Å². The predicted octanol–water partition coefficient (Wildman–Crippen LogP) is 3.65. The first-order chi connectivity index (χ1) is 13.5. The number of urea groups is 1. The summed E-state index contributed by atoms with van der Waals surface area (Å²) in [5.41, 5.74) is -0.217. The fourth-order valence-corrected chi connectivity index (χ4v) is 2.25. The summed E-state index contributed by atoms with van der Waals surface area (Å²) in [6.07, 6.45) is 1.23. The van der Waals surface area contributed by atoms with E-state index in [1.165, 1.54) is 19.1 Å². The van der Waals surface area contributed by atoms with Crippen molar-refractivity contribution in [3.8, 4) is 11.3 Å². The van der Waals surface area contributed by atoms with Crippen LogP contribution in [0.2, 0.25) is 0 Å². The largest absolute Gasteiger partial charge is 0.457 e. The predicted molar refractivity (Wildman–Crippen MR) is 105 cm³/mol. The monoisotopic (exact) mass is 402 g/mol. The Hall–Kier alpha value is -3.42. The van der Waals surface area contributed by atoms with Gasteiger partial charge in [0.25, 0.3) is 5.91 Å². The highest BCUT2D eigenvalue weighted by Crippen LogP contribution is 2.25. The number of hydrogen-bond acceptors (Lipinski definition) is 5. The van der Waals surface area contributed by atoms with Crippen molar-refractivity contribution in [3.63, 3.8) is 0 Å². The maximum absolute atomic E-state index is 13.8. The van der Waals surface area contributed by atoms with Gasteiger partial charge in [0.1, 0.15) is 17.3 Å². The van der Waals surface area contributed by atoms with Crippen LogP contribution in [0.1, 0.15) is 33.5 Å². The van der Waals surface area contributed by atoms with Gasteiger partial charge in [-0.15, -0.1) is 0 Å². The number of carbonyl (C=O) groups excluding carboxylic acids is 3. The van der Waals surface area contributed by atoms with Gasteiger partial charge < -0.3 is 14.5 Å². The summed E-state index contributed by atoms with van der Waals surface area (Å²) in [4.78, 5) is 35.5. The van der Waals surface area contributed by atoms with E-state index in [1.807, 2.05) is 0 Å². The topological polar surface area (TPSA) is 97.6 Å². The van der Waals surface area contributed by atoms with Crippen LogP contribution in [0.5, 0.6) is 0 Å². The minimum Gasteiger partial charge on any atom is -0.457 e. The molecule has 0 aliphatic carbocycles. The number of amides is 3. The molecule has 154 valence electrons. The van der Waals surface area contributed by atoms with Gasteiger partial charge in [0.15, 0.2) is 6.10 Å². The summed E-state index contributed by atoms with van der Waals surface area (Å²) in [6.45, 7) is 6.63. The number of nitrogens with one attached hydrogen (secondary N) is 2. The van der Waals surface area contributed by atoms with E-state index >= 15 is 0 Å². The molecule has 0 spiro atoms. The number of imide groups is 1. The molecular formula is C21H23FN2O5. The molecule has 0 fully saturated rings. The number of esters is 1. The first-order valence-electron chi connectivity index (χ1n) is 8.91. The Kier molecular flexibility index (Phi) is 6.93. The van der Waals surface area contributed by atoms with Gasteiger partial charge in [0.2, 0.25) is 0 Å². The zero-order chi connectivity index (χ0) is 21.6. The zero-order valence-electron chi connectivity index (χ0n) is 16.6. The van der Waals surface area contributed by atoms with Crippen LogP contribution in [-0.4, -0.2) is 29.6 Å². The fourth-order valence-electron chi connectivity index (χ4n) is 2.25. The number of hydrogen-bond donors (Lipinski definition) is 2. The second-order valence-corrected chi connectivity index (χ2v) is 7.29. The summed E-state index contributed by atoms with van der Waals surface area (Å²) >= 11 is 0. The molecule has 0 radical (unpaired) electrons. The molecule has 0 unspecified atom stereocenters. The number of halogens is 1. The zero-order valence-corrected chi connectivity index (χ0v) is 16.6. The molecule has 1 aromatic heterocycles. The molecule has 1 atom stereocenters. The lowest BCUT2D eigenvalue weighted by molar-refractivity contribution is -0.149. The second kappa shape index (κ2) is 9.18. The van der Waals surface area contributed by atoms with Crippen LogP contribution in [0.3, 0.4) is 0 Å². The summed E-state index contributed by atoms with van der Waals surface area (Å²) < 4.78 is 24.2. The molecule has 1 heterocycles. The minimum absolute atomic E-state index is 0.300. The van der Waals surface area contributed by atoms with Crippen LogP contribution in [0.15, 0.2) is 46.9 Å². The van der Waals surface area contributed by atoms with Gasteiger partial charge in [-0.05, 0) is 58.0 Å². The SMILES string of the molecule is C[C@H](OC(=O)/C=C/c1ccc(-c2ccccc2F)o1)C(=O)NC(=O)NC(C)(C)C. The molecule has 0 aliphatic rings. The number of rotatable bonds is 5. The standard InChI is InChI=1S/C21H23FN2O5/c1-13(19(26)23-20(27)24-21(2,3)4)28-18(25)12-10-14-9-11-17(29-14)15-7-5-6-8-16(15)22/h5-13H,1-4H3,(H2,23,24,26,27)/b12-10+/t13-/m0/s1. The number of ether oxygens (including phenoxy) is 1. The smallest absolute Gasteiger partial charge is 0.331 e. The highest BCUT2D eigenvalue weighted by Gasteiger charge is 2.21. The lowest BCUT2D eigenvalue weighted by Gasteiger charge is -2.21. The van der Waals surface area contributed by atoms with Gasteiger partial charge in [0.05, 0.1) is 5.56 Å². The molecule has 3 amide bonds. The summed E-state index contributed by atoms with van der Waals surface area (Å²) in [7, 11) is 0. The molecule has 2 rings (SSSR count). The molecule has 0 saturated heterocycles. The lowest BCUT2D eigenvalue weighted by atomic mass is 10.1. The van der Waals surface area contributed by atoms with Gasteiger partial charge >= 0.3 is 12.0 Å². The molecule has 0 aliphatic heterocycles. The molecule has 2 N–H and O–H groups in total. The minimum atomic E-state index is -1.18. The van der Waals surface area contributed by atoms with Crippen molar-refractivity contribution in [2.24, 2.45) is 0 Å². The van der Waals surface area contributed by atoms with Gasteiger partial charge in [-0.2, -0.15) is 0 Å². The van der Waals surface area contributed by atoms with Crippen molar-refractivity contribution < 1.29 is 27.9 Å². The van der Waals surface area contributed by atoms with Crippen molar-refractivity contribution in [2.75, 3.05) is 0 Å². The molecular weight excluding hydrogens is 379 g/mol. The third kappa shape index (κ3) is 6.91. The van der Waals surface area contributed by atoms with Crippen LogP contribution in [0.4, 0.5) is 9.18 Å². The molecule has 2 aromatic rings. The molecule has 0 bridgehead atoms. The average molecular weight is 402 g/mol. The molecule has 0 saturated carbocycles. The first kappa shape index (κ1) is 21.9. The Labute approximate surface area is 167 Å². The van der Waals surface area contributed by atoms with Gasteiger partial charge in [-0.25, -0.2) is 14.0 Å². The van der Waals surface area contributed by atoms with E-state index in [4.69, 9.17) is 9.15 Å². The quantitative estimate of drug-likeness (QED) is 0.588. The Morgan fingerprint density at radius 1 is 1.14 bits per heavy atom. The molecule has 1 aromatic carbocycles. The third-order valence-corrected chi connectivity index (χ3v) is 3.54. The van der Waals surface area contributed by atoms with Gasteiger partial charge in [-0.3, -0.25) is 10.1 Å². The van der Waals surface area contributed by atoms with Crippen LogP contribution >= 0.6 is 0 Å². The lowest BCUT2D eigenvalue weighted by Crippen LogP contribution is -2.50. The van der Waals surface area contributed by atoms with Crippen molar-refractivity contribution in [1.29, 1.82) is 0 Å². The summed E-state index contributed by atoms with van der Waals surface area (Å²) in [5.74, 6) is -1.36. The maximum Gasteiger partial charge on any atom is 0.331 e. The van der Waals surface area contributed by atoms with Crippen molar-refractivity contribution >= 4 is 24.0 Å². The van der Waals surface area contributed by atoms with E-state index in [0.29, 0.717) is 17.1 Å². The summed E-state index contributed by atoms with van der Waals surface area (Å²) in [6, 6.07) is 8.61. The van der Waals surface area contributed by atoms with Crippen molar-refractivity contribution in [3.05, 3.63) is 54.1 Å². The van der Waals surface area contributed by atoms with Crippen molar-refractivity contribution in [2.45, 2.75) is 39.3 Å². The van der Waals surface area contributed by atoms with Crippen LogP contribution < -0.4 is 10.6 Å². The average Bonchev–Trinajstić information content (AvgIpc) is 3.07. The van der Waals surface area contributed by atoms with E-state index in [2.05, 4.69) is 10.6 Å². The Balaban J connectivity index is 1.90. The number of benzene rings is 1. The molecule has 8 heteroatoms. The first-order valence-corrected chi connectivity index (χ1v) is 8.91. The van der Waals surface area contributed by atoms with Crippen LogP contribution in [0, 0.1) is 5.82 Å². The van der Waals surface area contributed by atoms with Crippen LogP contribution in [0.25, 0.3) is 17.4 Å². The van der Waals surface area contributed by atoms with Gasteiger partial charge in [-0.1, -0.05) is 12.1 Å². The Bertz CT molecular complexity index is 927. The highest BCUT2D eigenvalue weighted by molar-refractivity contribution is 5.98. The van der Waals surface area contributed by atoms with E-state index in [9.17, 15) is 18.8 Å². The van der Waals surface area contributed by atoms with Crippen molar-refractivity contribution in [1.82, 2.24) is 10.6 Å². The maximum atomic E-state index is 13.8. The van der Waals surface area contributed by atoms with E-state index < -0.39 is 35.4 Å². The Morgan fingerprint density at radius 3 is 2.48 bits per heavy atom. The van der Waals surface area contributed by atoms with E-state index in [0.717, 1.165) is 6.08 Å². The van der Waals surface area contributed by atoms with Crippen LogP contribution in [-0.2, 0) is 14.3 Å². The molecule has 7 nitrogen and oxygen atoms in total. The number of carbonyl (C=O) groups is 3. The fraction of sp³-hybridized carbons (Fsp3) is 0.286. The highest BCUT2D eigenvalue weighted by atomic mass is 19.1. The number of furan rings is 1. The Morgan fingerprint density at radius 2 is 1.83 bits per heavy atom. The molecule has 29 heavy (non-hydrogen) atoms. The normalized spacial score (nSPS) is 12.4. The van der Waals surface area contributed by atoms with E-state index in [-0.39, 0.29) is 0 Å². The second-order valence-electron chi connectivity index (χ2n) is 7.29.